The van der Waals surface area contributed by atoms with Crippen LogP contribution in [0.25, 0.3) is 0 Å². The van der Waals surface area contributed by atoms with E-state index in [-0.39, 0.29) is 11.9 Å². The number of hydrogen-bond donors (Lipinski definition) is 1. The minimum absolute atomic E-state index is 0.149. The summed E-state index contributed by atoms with van der Waals surface area (Å²) in [6.07, 6.45) is 0.0722. The van der Waals surface area contributed by atoms with E-state index in [2.05, 4.69) is 5.32 Å². The molecule has 3 rings (SSSR count). The predicted octanol–water partition coefficient (Wildman–Crippen LogP) is 4.50. The summed E-state index contributed by atoms with van der Waals surface area (Å²) in [5.74, 6) is 2.05. The van der Waals surface area contributed by atoms with Crippen LogP contribution in [0.5, 0.6) is 17.2 Å². The number of hydrogen-bond acceptors (Lipinski definition) is 4. The lowest BCUT2D eigenvalue weighted by Crippen LogP contribution is -2.44. The van der Waals surface area contributed by atoms with E-state index >= 15 is 0 Å². The molecule has 0 bridgehead atoms. The van der Waals surface area contributed by atoms with Crippen molar-refractivity contribution in [3.05, 3.63) is 53.1 Å². The second-order valence-electron chi connectivity index (χ2n) is 8.06. The Morgan fingerprint density at radius 2 is 1.96 bits per heavy atom. The molecule has 5 nitrogen and oxygen atoms in total. The van der Waals surface area contributed by atoms with Crippen molar-refractivity contribution in [2.24, 2.45) is 0 Å². The molecule has 2 aromatic carbocycles. The molecule has 1 aliphatic heterocycles. The first kappa shape index (κ1) is 20.1. The number of methoxy groups -OCH3 is 1. The summed E-state index contributed by atoms with van der Waals surface area (Å²) >= 11 is 0. The molecule has 1 N–H and O–H groups in total. The normalized spacial score (nSPS) is 18.4. The van der Waals surface area contributed by atoms with Gasteiger partial charge in [0.2, 0.25) is 0 Å². The summed E-state index contributed by atoms with van der Waals surface area (Å²) in [7, 11) is 1.63. The van der Waals surface area contributed by atoms with Crippen molar-refractivity contribution >= 4 is 5.91 Å². The van der Waals surface area contributed by atoms with E-state index < -0.39 is 11.7 Å². The van der Waals surface area contributed by atoms with Gasteiger partial charge in [0, 0.05) is 18.1 Å². The summed E-state index contributed by atoms with van der Waals surface area (Å²) in [6, 6.07) is 11.5. The Balaban J connectivity index is 1.76. The first-order valence-electron chi connectivity index (χ1n) is 9.60. The van der Waals surface area contributed by atoms with Crippen molar-refractivity contribution in [1.82, 2.24) is 5.32 Å². The van der Waals surface area contributed by atoms with Crippen molar-refractivity contribution in [2.75, 3.05) is 7.11 Å². The molecular formula is C23H29NO4. The Bertz CT molecular complexity index is 875. The fraction of sp³-hybridized carbons (Fsp3) is 0.435. The number of amides is 1. The second-order valence-corrected chi connectivity index (χ2v) is 8.06. The van der Waals surface area contributed by atoms with Gasteiger partial charge < -0.3 is 19.5 Å². The van der Waals surface area contributed by atoms with Crippen molar-refractivity contribution in [3.8, 4) is 17.2 Å². The highest BCUT2D eigenvalue weighted by Gasteiger charge is 2.35. The molecular weight excluding hydrogens is 354 g/mol. The maximum Gasteiger partial charge on any atom is 0.261 e. The summed E-state index contributed by atoms with van der Waals surface area (Å²) in [6.45, 7) is 9.83. The van der Waals surface area contributed by atoms with Crippen molar-refractivity contribution in [3.63, 3.8) is 0 Å². The van der Waals surface area contributed by atoms with Gasteiger partial charge in [0.15, 0.2) is 6.10 Å². The molecule has 1 heterocycles. The summed E-state index contributed by atoms with van der Waals surface area (Å²) in [4.78, 5) is 12.8. The molecule has 5 heteroatoms. The van der Waals surface area contributed by atoms with Crippen LogP contribution in [0.15, 0.2) is 36.4 Å². The van der Waals surface area contributed by atoms with Gasteiger partial charge in [-0.25, -0.2) is 0 Å². The molecule has 0 saturated carbocycles. The summed E-state index contributed by atoms with van der Waals surface area (Å²) < 4.78 is 17.3. The first-order valence-corrected chi connectivity index (χ1v) is 9.60. The minimum Gasteiger partial charge on any atom is -0.497 e. The van der Waals surface area contributed by atoms with E-state index in [1.165, 1.54) is 5.56 Å². The summed E-state index contributed by atoms with van der Waals surface area (Å²) in [5.41, 5.74) is 2.74. The van der Waals surface area contributed by atoms with Gasteiger partial charge in [0.05, 0.1) is 13.2 Å². The number of rotatable bonds is 5. The highest BCUT2D eigenvalue weighted by Crippen LogP contribution is 2.41. The smallest absolute Gasteiger partial charge is 0.261 e. The number of nitrogens with one attached hydrogen (secondary N) is 1. The van der Waals surface area contributed by atoms with Crippen LogP contribution in [0.2, 0.25) is 0 Å². The molecule has 0 unspecified atom stereocenters. The third-order valence-corrected chi connectivity index (χ3v) is 5.00. The van der Waals surface area contributed by atoms with Crippen LogP contribution in [0, 0.1) is 13.8 Å². The molecule has 0 saturated heterocycles. The molecule has 2 aromatic rings. The third kappa shape index (κ3) is 4.41. The fourth-order valence-electron chi connectivity index (χ4n) is 3.55. The van der Waals surface area contributed by atoms with Gasteiger partial charge in [0.25, 0.3) is 5.91 Å². The molecule has 28 heavy (non-hydrogen) atoms. The second kappa shape index (κ2) is 7.74. The van der Waals surface area contributed by atoms with E-state index in [1.54, 1.807) is 14.0 Å². The quantitative estimate of drug-likeness (QED) is 0.826. The zero-order valence-corrected chi connectivity index (χ0v) is 17.5. The topological polar surface area (TPSA) is 56.8 Å². The van der Waals surface area contributed by atoms with Crippen molar-refractivity contribution in [2.45, 2.75) is 58.8 Å². The molecule has 1 aliphatic rings. The number of carbonyl (C=O) groups excluding carboxylic acids is 1. The Morgan fingerprint density at radius 1 is 1.21 bits per heavy atom. The number of fused-ring (bicyclic) bond motifs is 1. The standard InChI is InChI=1S/C23H29NO4/c1-14-7-10-20(15(2)11-14)27-16(3)22(25)24-19-13-23(4,5)28-21-12-17(26-6)8-9-18(19)21/h7-12,16,19H,13H2,1-6H3,(H,24,25)/t16-,19-/m1/s1. The van der Waals surface area contributed by atoms with Crippen molar-refractivity contribution in [1.29, 1.82) is 0 Å². The van der Waals surface area contributed by atoms with Gasteiger partial charge in [-0.1, -0.05) is 17.7 Å². The minimum atomic E-state index is -0.603. The zero-order chi connectivity index (χ0) is 20.5. The molecule has 0 aliphatic carbocycles. The Labute approximate surface area is 167 Å². The molecule has 150 valence electrons. The fourth-order valence-corrected chi connectivity index (χ4v) is 3.55. The maximum absolute atomic E-state index is 12.8. The van der Waals surface area contributed by atoms with Gasteiger partial charge in [-0.2, -0.15) is 0 Å². The highest BCUT2D eigenvalue weighted by molar-refractivity contribution is 5.81. The van der Waals surface area contributed by atoms with Gasteiger partial charge in [0.1, 0.15) is 22.8 Å². The molecule has 0 fully saturated rings. The Morgan fingerprint density at radius 3 is 2.64 bits per heavy atom. The van der Waals surface area contributed by atoms with E-state index in [4.69, 9.17) is 14.2 Å². The van der Waals surface area contributed by atoms with Crippen LogP contribution in [0.4, 0.5) is 0 Å². The van der Waals surface area contributed by atoms with E-state index in [0.717, 1.165) is 28.4 Å². The van der Waals surface area contributed by atoms with E-state index in [0.29, 0.717) is 6.42 Å². The lowest BCUT2D eigenvalue weighted by molar-refractivity contribution is -0.128. The van der Waals surface area contributed by atoms with Crippen LogP contribution >= 0.6 is 0 Å². The number of aryl methyl sites for hydroxylation is 2. The monoisotopic (exact) mass is 383 g/mol. The molecule has 0 spiro atoms. The number of benzene rings is 2. The van der Waals surface area contributed by atoms with Crippen LogP contribution in [0.3, 0.4) is 0 Å². The molecule has 1 amide bonds. The Hall–Kier alpha value is -2.69. The Kier molecular flexibility index (Phi) is 5.54. The first-order chi connectivity index (χ1) is 13.2. The van der Waals surface area contributed by atoms with Crippen LogP contribution in [0.1, 0.15) is 49.9 Å². The summed E-state index contributed by atoms with van der Waals surface area (Å²) in [5, 5.41) is 3.13. The van der Waals surface area contributed by atoms with Crippen LogP contribution in [-0.4, -0.2) is 24.7 Å². The van der Waals surface area contributed by atoms with Crippen LogP contribution in [-0.2, 0) is 4.79 Å². The molecule has 0 aromatic heterocycles. The maximum atomic E-state index is 12.8. The number of carbonyl (C=O) groups is 1. The average molecular weight is 383 g/mol. The van der Waals surface area contributed by atoms with Gasteiger partial charge in [-0.15, -0.1) is 0 Å². The SMILES string of the molecule is COc1ccc2c(c1)OC(C)(C)C[C@H]2NC(=O)[C@@H](C)Oc1ccc(C)cc1C. The number of ether oxygens (including phenoxy) is 3. The highest BCUT2D eigenvalue weighted by atomic mass is 16.5. The third-order valence-electron chi connectivity index (χ3n) is 5.00. The molecule has 0 radical (unpaired) electrons. The average Bonchev–Trinajstić information content (AvgIpc) is 2.62. The van der Waals surface area contributed by atoms with Gasteiger partial charge in [-0.3, -0.25) is 4.79 Å². The van der Waals surface area contributed by atoms with Gasteiger partial charge >= 0.3 is 0 Å². The zero-order valence-electron chi connectivity index (χ0n) is 17.5. The lowest BCUT2D eigenvalue weighted by Gasteiger charge is -2.38. The predicted molar refractivity (Wildman–Crippen MR) is 109 cm³/mol. The largest absolute Gasteiger partial charge is 0.497 e. The van der Waals surface area contributed by atoms with Crippen molar-refractivity contribution < 1.29 is 19.0 Å². The van der Waals surface area contributed by atoms with Gasteiger partial charge in [-0.05, 0) is 58.4 Å². The van der Waals surface area contributed by atoms with E-state index in [1.807, 2.05) is 64.1 Å². The van der Waals surface area contributed by atoms with Crippen LogP contribution < -0.4 is 19.5 Å². The molecule has 2 atom stereocenters. The lowest BCUT2D eigenvalue weighted by atomic mass is 9.89. The van der Waals surface area contributed by atoms with E-state index in [9.17, 15) is 4.79 Å².